The van der Waals surface area contributed by atoms with Gasteiger partial charge in [-0.15, -0.1) is 0 Å². The number of nitrogens with zero attached hydrogens (tertiary/aromatic N) is 1. The van der Waals surface area contributed by atoms with Crippen LogP contribution in [0.2, 0.25) is 0 Å². The molecular formula is C18H17F3N4O2. The number of amides is 4. The summed E-state index contributed by atoms with van der Waals surface area (Å²) in [5, 5.41) is 7.81. The third-order valence-corrected chi connectivity index (χ3v) is 3.98. The maximum Gasteiger partial charge on any atom is 0.416 e. The molecule has 0 spiro atoms. The number of alkyl halides is 3. The summed E-state index contributed by atoms with van der Waals surface area (Å²) in [4.78, 5) is 25.3. The Balaban J connectivity index is 1.59. The number of rotatable bonds is 4. The van der Waals surface area contributed by atoms with Crippen LogP contribution >= 0.6 is 0 Å². The summed E-state index contributed by atoms with van der Waals surface area (Å²) >= 11 is 0. The summed E-state index contributed by atoms with van der Waals surface area (Å²) in [7, 11) is 0. The van der Waals surface area contributed by atoms with E-state index in [1.54, 1.807) is 29.2 Å². The first kappa shape index (κ1) is 18.6. The Bertz CT molecular complexity index is 854. The van der Waals surface area contributed by atoms with Gasteiger partial charge in [-0.25, -0.2) is 9.59 Å². The maximum atomic E-state index is 12.7. The standard InChI is InChI=1S/C18H17F3N4O2/c19-18(20,21)13-4-1-3-12(9-13)11-23-16(26)24-14-5-2-6-15(10-14)25-8-7-22-17(25)27/h1-6,9-10H,7-8,11H2,(H,22,27)(H2,23,24,26). The van der Waals surface area contributed by atoms with Gasteiger partial charge in [0.15, 0.2) is 0 Å². The van der Waals surface area contributed by atoms with Gasteiger partial charge in [0.05, 0.1) is 5.56 Å². The number of halogens is 3. The lowest BCUT2D eigenvalue weighted by Gasteiger charge is -2.15. The van der Waals surface area contributed by atoms with Crippen molar-refractivity contribution in [2.45, 2.75) is 12.7 Å². The van der Waals surface area contributed by atoms with Crippen molar-refractivity contribution in [3.63, 3.8) is 0 Å². The van der Waals surface area contributed by atoms with Crippen LogP contribution in [0.25, 0.3) is 0 Å². The molecule has 3 N–H and O–H groups in total. The third kappa shape index (κ3) is 4.69. The smallest absolute Gasteiger partial charge is 0.336 e. The molecule has 0 unspecified atom stereocenters. The SMILES string of the molecule is O=C(NCc1cccc(C(F)(F)F)c1)Nc1cccc(N2CCNC2=O)c1. The number of carbonyl (C=O) groups is 2. The highest BCUT2D eigenvalue weighted by molar-refractivity contribution is 5.95. The van der Waals surface area contributed by atoms with Crippen LogP contribution in [0, 0.1) is 0 Å². The molecule has 3 rings (SSSR count). The van der Waals surface area contributed by atoms with E-state index in [1.807, 2.05) is 0 Å². The summed E-state index contributed by atoms with van der Waals surface area (Å²) in [5.74, 6) is 0. The molecule has 0 radical (unpaired) electrons. The summed E-state index contributed by atoms with van der Waals surface area (Å²) in [6.45, 7) is 1.03. The van der Waals surface area contributed by atoms with Gasteiger partial charge in [0, 0.05) is 31.0 Å². The van der Waals surface area contributed by atoms with Gasteiger partial charge in [-0.05, 0) is 35.9 Å². The summed E-state index contributed by atoms with van der Waals surface area (Å²) in [6.07, 6.45) is -4.43. The highest BCUT2D eigenvalue weighted by Crippen LogP contribution is 2.29. The summed E-state index contributed by atoms with van der Waals surface area (Å²) < 4.78 is 38.1. The lowest BCUT2D eigenvalue weighted by atomic mass is 10.1. The molecule has 0 aliphatic carbocycles. The Morgan fingerprint density at radius 2 is 1.93 bits per heavy atom. The van der Waals surface area contributed by atoms with Crippen LogP contribution < -0.4 is 20.9 Å². The van der Waals surface area contributed by atoms with Crippen molar-refractivity contribution in [3.05, 3.63) is 59.7 Å². The molecule has 0 saturated carbocycles. The molecule has 4 amide bonds. The average Bonchev–Trinajstić information content (AvgIpc) is 3.06. The topological polar surface area (TPSA) is 73.5 Å². The normalized spacial score (nSPS) is 14.0. The number of hydrogen-bond donors (Lipinski definition) is 3. The van der Waals surface area contributed by atoms with Crippen molar-refractivity contribution in [1.29, 1.82) is 0 Å². The van der Waals surface area contributed by atoms with Gasteiger partial charge in [-0.3, -0.25) is 4.90 Å². The molecule has 9 heteroatoms. The molecule has 1 heterocycles. The van der Waals surface area contributed by atoms with Crippen molar-refractivity contribution in [3.8, 4) is 0 Å². The Morgan fingerprint density at radius 1 is 1.15 bits per heavy atom. The lowest BCUT2D eigenvalue weighted by molar-refractivity contribution is -0.137. The minimum absolute atomic E-state index is 0.0516. The van der Waals surface area contributed by atoms with E-state index in [1.165, 1.54) is 12.1 Å². The van der Waals surface area contributed by atoms with Crippen LogP contribution in [0.5, 0.6) is 0 Å². The van der Waals surface area contributed by atoms with Gasteiger partial charge in [0.25, 0.3) is 0 Å². The Hall–Kier alpha value is -3.23. The molecule has 1 fully saturated rings. The van der Waals surface area contributed by atoms with E-state index in [-0.39, 0.29) is 12.6 Å². The van der Waals surface area contributed by atoms with Crippen molar-refractivity contribution in [2.75, 3.05) is 23.3 Å². The molecule has 2 aromatic carbocycles. The summed E-state index contributed by atoms with van der Waals surface area (Å²) in [6, 6.07) is 10.7. The van der Waals surface area contributed by atoms with Gasteiger partial charge in [-0.1, -0.05) is 18.2 Å². The Morgan fingerprint density at radius 3 is 2.63 bits per heavy atom. The maximum absolute atomic E-state index is 12.7. The second kappa shape index (κ2) is 7.56. The van der Waals surface area contributed by atoms with E-state index in [4.69, 9.17) is 0 Å². The average molecular weight is 378 g/mol. The zero-order chi connectivity index (χ0) is 19.4. The quantitative estimate of drug-likeness (QED) is 0.761. The number of urea groups is 2. The van der Waals surface area contributed by atoms with Crippen LogP contribution in [0.1, 0.15) is 11.1 Å². The Labute approximate surface area is 153 Å². The first-order valence-corrected chi connectivity index (χ1v) is 8.19. The van der Waals surface area contributed by atoms with Crippen LogP contribution in [-0.4, -0.2) is 25.2 Å². The molecule has 6 nitrogen and oxygen atoms in total. The molecule has 27 heavy (non-hydrogen) atoms. The summed E-state index contributed by atoms with van der Waals surface area (Å²) in [5.41, 5.74) is 0.677. The highest BCUT2D eigenvalue weighted by Gasteiger charge is 2.30. The van der Waals surface area contributed by atoms with Gasteiger partial charge in [0.1, 0.15) is 0 Å². The molecule has 1 aliphatic rings. The zero-order valence-corrected chi connectivity index (χ0v) is 14.1. The molecule has 142 valence electrons. The molecule has 0 bridgehead atoms. The van der Waals surface area contributed by atoms with Crippen LogP contribution in [0.4, 0.5) is 34.1 Å². The van der Waals surface area contributed by atoms with Crippen LogP contribution in [0.3, 0.4) is 0 Å². The van der Waals surface area contributed by atoms with E-state index in [0.717, 1.165) is 12.1 Å². The van der Waals surface area contributed by atoms with E-state index in [2.05, 4.69) is 16.0 Å². The fourth-order valence-corrected chi connectivity index (χ4v) is 2.68. The molecule has 0 atom stereocenters. The lowest BCUT2D eigenvalue weighted by Crippen LogP contribution is -2.29. The van der Waals surface area contributed by atoms with Gasteiger partial charge >= 0.3 is 18.2 Å². The first-order chi connectivity index (χ1) is 12.8. The molecule has 1 saturated heterocycles. The minimum Gasteiger partial charge on any atom is -0.336 e. The highest BCUT2D eigenvalue weighted by atomic mass is 19.4. The van der Waals surface area contributed by atoms with Crippen molar-refractivity contribution < 1.29 is 22.8 Å². The van der Waals surface area contributed by atoms with E-state index in [9.17, 15) is 22.8 Å². The minimum atomic E-state index is -4.43. The van der Waals surface area contributed by atoms with Crippen molar-refractivity contribution >= 4 is 23.4 Å². The second-order valence-corrected chi connectivity index (χ2v) is 5.94. The fourth-order valence-electron chi connectivity index (χ4n) is 2.68. The molecule has 0 aromatic heterocycles. The van der Waals surface area contributed by atoms with Crippen molar-refractivity contribution in [2.24, 2.45) is 0 Å². The number of hydrogen-bond acceptors (Lipinski definition) is 2. The largest absolute Gasteiger partial charge is 0.416 e. The number of anilines is 2. The number of nitrogens with one attached hydrogen (secondary N) is 3. The van der Waals surface area contributed by atoms with Gasteiger partial charge in [0.2, 0.25) is 0 Å². The van der Waals surface area contributed by atoms with Crippen molar-refractivity contribution in [1.82, 2.24) is 10.6 Å². The predicted octanol–water partition coefficient (Wildman–Crippen LogP) is 3.56. The molecular weight excluding hydrogens is 361 g/mol. The zero-order valence-electron chi connectivity index (χ0n) is 14.1. The number of carbonyl (C=O) groups excluding carboxylic acids is 2. The van der Waals surface area contributed by atoms with E-state index in [0.29, 0.717) is 30.0 Å². The predicted molar refractivity (Wildman–Crippen MR) is 94.5 cm³/mol. The fraction of sp³-hybridized carbons (Fsp3) is 0.222. The van der Waals surface area contributed by atoms with E-state index < -0.39 is 17.8 Å². The molecule has 1 aliphatic heterocycles. The number of benzene rings is 2. The third-order valence-electron chi connectivity index (χ3n) is 3.98. The molecule has 2 aromatic rings. The van der Waals surface area contributed by atoms with Crippen LogP contribution in [0.15, 0.2) is 48.5 Å². The van der Waals surface area contributed by atoms with Crippen LogP contribution in [-0.2, 0) is 12.7 Å². The van der Waals surface area contributed by atoms with Gasteiger partial charge in [-0.2, -0.15) is 13.2 Å². The monoisotopic (exact) mass is 378 g/mol. The Kier molecular flexibility index (Phi) is 5.20. The first-order valence-electron chi connectivity index (χ1n) is 8.19. The van der Waals surface area contributed by atoms with Gasteiger partial charge < -0.3 is 16.0 Å². The second-order valence-electron chi connectivity index (χ2n) is 5.94. The van der Waals surface area contributed by atoms with E-state index >= 15 is 0 Å².